The van der Waals surface area contributed by atoms with Crippen molar-refractivity contribution in [2.45, 2.75) is 19.4 Å². The lowest BCUT2D eigenvalue weighted by atomic mass is 10.0. The number of aromatic nitrogens is 2. The fourth-order valence-corrected chi connectivity index (χ4v) is 4.90. The lowest BCUT2D eigenvalue weighted by Crippen LogP contribution is -2.03. The summed E-state index contributed by atoms with van der Waals surface area (Å²) in [5.41, 5.74) is 6.54. The van der Waals surface area contributed by atoms with E-state index in [4.69, 9.17) is 16.1 Å². The zero-order valence-electron chi connectivity index (χ0n) is 18.8. The minimum Gasteiger partial charge on any atom is -0.343 e. The van der Waals surface area contributed by atoms with Crippen molar-refractivity contribution in [2.24, 2.45) is 0 Å². The summed E-state index contributed by atoms with van der Waals surface area (Å²) in [4.78, 5) is 8.88. The van der Waals surface area contributed by atoms with Gasteiger partial charge < -0.3 is 20.2 Å². The normalized spacial score (nSPS) is 13.4. The van der Waals surface area contributed by atoms with Crippen LogP contribution >= 0.6 is 19.9 Å². The Balaban J connectivity index is 1.41. The van der Waals surface area contributed by atoms with Crippen molar-refractivity contribution in [3.05, 3.63) is 101 Å². The highest BCUT2D eigenvalue weighted by molar-refractivity contribution is 7.53. The van der Waals surface area contributed by atoms with Crippen molar-refractivity contribution in [1.82, 2.24) is 9.97 Å². The van der Waals surface area contributed by atoms with Gasteiger partial charge in [-0.25, -0.2) is 4.98 Å². The van der Waals surface area contributed by atoms with Gasteiger partial charge in [-0.1, -0.05) is 54.1 Å². The van der Waals surface area contributed by atoms with E-state index in [1.807, 2.05) is 36.4 Å². The molecule has 4 aromatic rings. The zero-order valence-corrected chi connectivity index (χ0v) is 20.4. The first-order chi connectivity index (χ1) is 16.6. The topological polar surface area (TPSA) is 71.1 Å². The van der Waals surface area contributed by atoms with E-state index in [0.29, 0.717) is 23.4 Å². The first-order valence-corrected chi connectivity index (χ1v) is 13.2. The molecule has 3 N–H and O–H groups in total. The third kappa shape index (κ3) is 5.65. The summed E-state index contributed by atoms with van der Waals surface area (Å²) in [6.07, 6.45) is 3.38. The molecular formula is C26H25ClN5OP. The van der Waals surface area contributed by atoms with Crippen molar-refractivity contribution in [2.75, 3.05) is 22.4 Å². The minimum atomic E-state index is -0.844. The van der Waals surface area contributed by atoms with Crippen LogP contribution < -0.4 is 15.7 Å². The van der Waals surface area contributed by atoms with Crippen LogP contribution in [0.1, 0.15) is 16.7 Å². The fraction of sp³-hybridized carbons (Fsp3) is 0.154. The maximum atomic E-state index is 6.38. The maximum Gasteiger partial charge on any atom is 0.229 e. The lowest BCUT2D eigenvalue weighted by molar-refractivity contribution is 0.346. The second-order valence-electron chi connectivity index (χ2n) is 8.08. The van der Waals surface area contributed by atoms with Gasteiger partial charge in [-0.15, -0.1) is 0 Å². The molecular weight excluding hydrogens is 465 g/mol. The molecule has 6 nitrogen and oxygen atoms in total. The summed E-state index contributed by atoms with van der Waals surface area (Å²) in [7, 11) is -0.844. The molecule has 3 aromatic carbocycles. The molecule has 0 spiro atoms. The quantitative estimate of drug-likeness (QED) is 0.256. The number of rotatable bonds is 5. The van der Waals surface area contributed by atoms with E-state index in [2.05, 4.69) is 68.8 Å². The van der Waals surface area contributed by atoms with Crippen LogP contribution in [-0.2, 0) is 24.0 Å². The number of nitrogens with one attached hydrogen (secondary N) is 3. The Hall–Kier alpha value is -3.18. The molecule has 0 aliphatic carbocycles. The van der Waals surface area contributed by atoms with Crippen molar-refractivity contribution in [1.29, 1.82) is 0 Å². The second kappa shape index (κ2) is 10.4. The van der Waals surface area contributed by atoms with Gasteiger partial charge in [0.25, 0.3) is 0 Å². The summed E-state index contributed by atoms with van der Waals surface area (Å²) in [5, 5.41) is 10.7. The number of halogens is 1. The Morgan fingerprint density at radius 3 is 2.71 bits per heavy atom. The molecule has 1 aliphatic rings. The van der Waals surface area contributed by atoms with Crippen molar-refractivity contribution >= 4 is 48.7 Å². The Morgan fingerprint density at radius 2 is 1.82 bits per heavy atom. The summed E-state index contributed by atoms with van der Waals surface area (Å²) in [6, 6.07) is 24.8. The van der Waals surface area contributed by atoms with Crippen molar-refractivity contribution in [3.8, 4) is 0 Å². The molecule has 2 heterocycles. The van der Waals surface area contributed by atoms with E-state index in [1.54, 1.807) is 6.20 Å². The molecule has 0 radical (unpaired) electrons. The monoisotopic (exact) mass is 489 g/mol. The van der Waals surface area contributed by atoms with Crippen LogP contribution in [0.4, 0.5) is 28.8 Å². The third-order valence-electron chi connectivity index (χ3n) is 5.52. The minimum absolute atomic E-state index is 0.462. The third-order valence-corrected chi connectivity index (χ3v) is 6.87. The van der Waals surface area contributed by atoms with Gasteiger partial charge in [0, 0.05) is 17.1 Å². The maximum absolute atomic E-state index is 6.38. The van der Waals surface area contributed by atoms with Crippen LogP contribution in [0.5, 0.6) is 0 Å². The molecule has 1 aromatic heterocycles. The molecule has 6 bridgehead atoms. The smallest absolute Gasteiger partial charge is 0.229 e. The summed E-state index contributed by atoms with van der Waals surface area (Å²) in [5.74, 6) is 1.05. The Kier molecular flexibility index (Phi) is 6.91. The molecule has 0 amide bonds. The van der Waals surface area contributed by atoms with E-state index in [0.717, 1.165) is 29.9 Å². The van der Waals surface area contributed by atoms with Gasteiger partial charge in [-0.2, -0.15) is 4.98 Å². The lowest BCUT2D eigenvalue weighted by Gasteiger charge is -2.19. The van der Waals surface area contributed by atoms with Gasteiger partial charge in [0.05, 0.1) is 12.8 Å². The van der Waals surface area contributed by atoms with E-state index in [9.17, 15) is 0 Å². The molecule has 5 rings (SSSR count). The SMILES string of the molecule is CP(Nc1ccc2cc1CCc1cccc(c1)Nc1ncc(Cl)c(n1)N2)OCc1ccccc1. The van der Waals surface area contributed by atoms with Crippen LogP contribution in [0.15, 0.2) is 79.0 Å². The van der Waals surface area contributed by atoms with Gasteiger partial charge >= 0.3 is 0 Å². The predicted molar refractivity (Wildman–Crippen MR) is 142 cm³/mol. The molecule has 1 atom stereocenters. The van der Waals surface area contributed by atoms with Crippen LogP contribution in [0.2, 0.25) is 5.02 Å². The Bertz CT molecular complexity index is 1290. The van der Waals surface area contributed by atoms with E-state index >= 15 is 0 Å². The number of fused-ring (bicyclic) bond motifs is 6. The number of nitrogens with zero attached hydrogens (tertiary/aromatic N) is 2. The van der Waals surface area contributed by atoms with E-state index in [-0.39, 0.29) is 0 Å². The standard InChI is InChI=1S/C26H25ClN5OP/c1-34(33-17-19-6-3-2-4-7-19)32-24-13-12-22-15-20(24)11-10-18-8-5-9-21(14-18)30-26-28-16-23(27)25(29-22)31-26/h2-9,12-16,32H,10-11,17H2,1H3,(H2,28,29,30,31). The van der Waals surface area contributed by atoms with E-state index in [1.165, 1.54) is 16.7 Å². The number of hydrogen-bond donors (Lipinski definition) is 3. The van der Waals surface area contributed by atoms with Crippen molar-refractivity contribution in [3.63, 3.8) is 0 Å². The van der Waals surface area contributed by atoms with Crippen LogP contribution in [0, 0.1) is 0 Å². The average molecular weight is 490 g/mol. The largest absolute Gasteiger partial charge is 0.343 e. The van der Waals surface area contributed by atoms with Crippen LogP contribution in [0.25, 0.3) is 0 Å². The number of benzene rings is 3. The molecule has 0 saturated heterocycles. The second-order valence-corrected chi connectivity index (χ2v) is 9.96. The highest BCUT2D eigenvalue weighted by Gasteiger charge is 2.13. The molecule has 0 fully saturated rings. The highest BCUT2D eigenvalue weighted by atomic mass is 35.5. The average Bonchev–Trinajstić information content (AvgIpc) is 2.86. The molecule has 172 valence electrons. The van der Waals surface area contributed by atoms with Crippen LogP contribution in [-0.4, -0.2) is 16.6 Å². The molecule has 8 heteroatoms. The van der Waals surface area contributed by atoms with Crippen LogP contribution in [0.3, 0.4) is 0 Å². The fourth-order valence-electron chi connectivity index (χ4n) is 3.80. The molecule has 0 saturated carbocycles. The molecule has 1 unspecified atom stereocenters. The number of hydrogen-bond acceptors (Lipinski definition) is 6. The zero-order chi connectivity index (χ0) is 23.3. The Morgan fingerprint density at radius 1 is 0.971 bits per heavy atom. The van der Waals surface area contributed by atoms with Gasteiger partial charge in [-0.3, -0.25) is 0 Å². The number of anilines is 5. The first-order valence-electron chi connectivity index (χ1n) is 11.1. The van der Waals surface area contributed by atoms with Gasteiger partial charge in [0.1, 0.15) is 13.3 Å². The summed E-state index contributed by atoms with van der Waals surface area (Å²) < 4.78 is 6.11. The molecule has 1 aliphatic heterocycles. The van der Waals surface area contributed by atoms with Crippen molar-refractivity contribution < 1.29 is 4.52 Å². The predicted octanol–water partition coefficient (Wildman–Crippen LogP) is 7.29. The summed E-state index contributed by atoms with van der Waals surface area (Å²) in [6.45, 7) is 2.67. The van der Waals surface area contributed by atoms with E-state index < -0.39 is 8.30 Å². The summed E-state index contributed by atoms with van der Waals surface area (Å²) >= 11 is 6.38. The van der Waals surface area contributed by atoms with Gasteiger partial charge in [-0.05, 0) is 66.5 Å². The molecule has 34 heavy (non-hydrogen) atoms. The Labute approximate surface area is 205 Å². The first kappa shape index (κ1) is 22.6. The van der Waals surface area contributed by atoms with Gasteiger partial charge in [0.15, 0.2) is 5.82 Å². The number of aryl methyl sites for hydroxylation is 2. The van der Waals surface area contributed by atoms with Gasteiger partial charge in [0.2, 0.25) is 5.95 Å². The highest BCUT2D eigenvalue weighted by Crippen LogP contribution is 2.37.